The van der Waals surface area contributed by atoms with Gasteiger partial charge in [-0.05, 0) is 29.1 Å². The molecule has 0 saturated carbocycles. The van der Waals surface area contributed by atoms with Gasteiger partial charge in [0, 0.05) is 37.4 Å². The molecule has 0 radical (unpaired) electrons. The zero-order chi connectivity index (χ0) is 27.3. The molecule has 3 aromatic heterocycles. The Hall–Kier alpha value is -4.47. The molecule has 1 aliphatic heterocycles. The van der Waals surface area contributed by atoms with Gasteiger partial charge in [0.1, 0.15) is 11.8 Å². The number of anilines is 1. The summed E-state index contributed by atoms with van der Waals surface area (Å²) in [5.74, 6) is -9.50. The van der Waals surface area contributed by atoms with Crippen molar-refractivity contribution in [1.82, 2.24) is 20.5 Å². The number of rotatable bonds is 4. The van der Waals surface area contributed by atoms with Crippen LogP contribution in [0.1, 0.15) is 5.56 Å². The molecule has 1 saturated heterocycles. The first kappa shape index (κ1) is 24.8. The molecule has 7 nitrogen and oxygen atoms in total. The molecule has 4 heterocycles. The molecule has 0 unspecified atom stereocenters. The van der Waals surface area contributed by atoms with Gasteiger partial charge in [-0.25, -0.2) is 13.8 Å². The fraction of sp³-hybridized carbons (Fsp3) is 0.148. The average molecular weight is 551 g/mol. The average Bonchev–Trinajstić information content (AvgIpc) is 3.65. The van der Waals surface area contributed by atoms with Crippen LogP contribution >= 0.6 is 11.3 Å². The van der Waals surface area contributed by atoms with E-state index in [1.165, 1.54) is 11.3 Å². The van der Waals surface area contributed by atoms with Gasteiger partial charge >= 0.3 is 0 Å². The topological polar surface area (TPSA) is 101 Å². The Morgan fingerprint density at radius 1 is 0.923 bits per heavy atom. The second-order valence-electron chi connectivity index (χ2n) is 8.86. The number of piperazine rings is 1. The number of fused-ring (bicyclic) bond motifs is 1. The largest absolute Gasteiger partial charge is 0.503 e. The van der Waals surface area contributed by atoms with E-state index in [9.17, 15) is 19.1 Å². The highest BCUT2D eigenvalue weighted by Crippen LogP contribution is 2.44. The van der Waals surface area contributed by atoms with Crippen molar-refractivity contribution in [2.24, 2.45) is 0 Å². The summed E-state index contributed by atoms with van der Waals surface area (Å²) in [5, 5.41) is 32.4. The molecular formula is C27H18F4N6OS. The Bertz CT molecular complexity index is 1730. The van der Waals surface area contributed by atoms with Gasteiger partial charge in [-0.15, -0.1) is 11.3 Å². The van der Waals surface area contributed by atoms with Crippen LogP contribution in [0.4, 0.5) is 23.2 Å². The summed E-state index contributed by atoms with van der Waals surface area (Å²) in [5.41, 5.74) is 0.0938. The Balaban J connectivity index is 1.65. The number of nitriles is 1. The van der Waals surface area contributed by atoms with Gasteiger partial charge in [-0.1, -0.05) is 18.2 Å². The fourth-order valence-corrected chi connectivity index (χ4v) is 5.54. The van der Waals surface area contributed by atoms with Crippen LogP contribution in [-0.4, -0.2) is 46.5 Å². The Kier molecular flexibility index (Phi) is 6.17. The maximum atomic E-state index is 15.0. The lowest BCUT2D eigenvalue weighted by Crippen LogP contribution is -2.43. The summed E-state index contributed by atoms with van der Waals surface area (Å²) in [6.07, 6.45) is 0. The highest BCUT2D eigenvalue weighted by Gasteiger charge is 2.31. The molecule has 0 spiro atoms. The molecule has 12 heteroatoms. The number of phenolic OH excluding ortho intramolecular Hbond substituents is 1. The Labute approximate surface area is 223 Å². The third-order valence-corrected chi connectivity index (χ3v) is 7.57. The van der Waals surface area contributed by atoms with Crippen molar-refractivity contribution in [3.63, 3.8) is 0 Å². The molecule has 3 N–H and O–H groups in total. The van der Waals surface area contributed by atoms with Gasteiger partial charge in [0.05, 0.1) is 27.1 Å². The molecule has 196 valence electrons. The van der Waals surface area contributed by atoms with Crippen LogP contribution in [0.5, 0.6) is 5.75 Å². The summed E-state index contributed by atoms with van der Waals surface area (Å²) < 4.78 is 58.7. The molecule has 6 rings (SSSR count). The van der Waals surface area contributed by atoms with Crippen LogP contribution in [0.3, 0.4) is 0 Å². The first-order valence-corrected chi connectivity index (χ1v) is 12.8. The maximum absolute atomic E-state index is 15.0. The molecule has 0 amide bonds. The van der Waals surface area contributed by atoms with Crippen molar-refractivity contribution in [3.05, 3.63) is 70.6 Å². The standard InChI is InChI=1S/C27H18F4N6OS/c28-20-19(21(29)23(31)26(38)22(20)30)24-15(12-32)17(13-3-5-14(6-4-13)37-9-7-33-8-10-37)18-25(16-2-1-11-39-16)35-36-27(18)34-24/h1-6,11,33,38H,7-10H2,(H,34,35,36). The fourth-order valence-electron chi connectivity index (χ4n) is 4.82. The minimum atomic E-state index is -1.99. The number of hydrogen-bond donors (Lipinski definition) is 3. The summed E-state index contributed by atoms with van der Waals surface area (Å²) in [4.78, 5) is 7.15. The normalized spacial score (nSPS) is 13.7. The number of hydrogen-bond acceptors (Lipinski definition) is 7. The highest BCUT2D eigenvalue weighted by molar-refractivity contribution is 7.13. The number of H-pyrrole nitrogens is 1. The number of aromatic hydroxyl groups is 1. The summed E-state index contributed by atoms with van der Waals surface area (Å²) in [6.45, 7) is 3.30. The number of halogens is 4. The van der Waals surface area contributed by atoms with E-state index in [0.717, 1.165) is 36.7 Å². The van der Waals surface area contributed by atoms with Crippen molar-refractivity contribution < 1.29 is 22.7 Å². The second kappa shape index (κ2) is 9.68. The van der Waals surface area contributed by atoms with Crippen molar-refractivity contribution in [3.8, 4) is 44.8 Å². The quantitative estimate of drug-likeness (QED) is 0.200. The minimum absolute atomic E-state index is 0.0567. The molecule has 0 atom stereocenters. The second-order valence-corrected chi connectivity index (χ2v) is 9.81. The van der Waals surface area contributed by atoms with E-state index in [-0.39, 0.29) is 16.8 Å². The van der Waals surface area contributed by atoms with E-state index in [0.29, 0.717) is 16.6 Å². The summed E-state index contributed by atoms with van der Waals surface area (Å²) >= 11 is 1.39. The minimum Gasteiger partial charge on any atom is -0.503 e. The molecular weight excluding hydrogens is 532 g/mol. The molecule has 1 aliphatic rings. The first-order valence-electron chi connectivity index (χ1n) is 11.9. The van der Waals surface area contributed by atoms with Crippen LogP contribution in [0.15, 0.2) is 41.8 Å². The van der Waals surface area contributed by atoms with Crippen molar-refractivity contribution in [2.75, 3.05) is 31.1 Å². The lowest BCUT2D eigenvalue weighted by molar-refractivity contribution is 0.358. The van der Waals surface area contributed by atoms with E-state index < -0.39 is 40.3 Å². The van der Waals surface area contributed by atoms with Gasteiger partial charge in [0.15, 0.2) is 23.0 Å². The predicted molar refractivity (Wildman–Crippen MR) is 139 cm³/mol. The molecule has 0 bridgehead atoms. The van der Waals surface area contributed by atoms with Crippen molar-refractivity contribution >= 4 is 28.1 Å². The van der Waals surface area contributed by atoms with Crippen LogP contribution in [0.2, 0.25) is 0 Å². The number of nitrogens with zero attached hydrogens (tertiary/aromatic N) is 4. The number of pyridine rings is 1. The third kappa shape index (κ3) is 3.98. The van der Waals surface area contributed by atoms with E-state index in [1.807, 2.05) is 35.7 Å². The van der Waals surface area contributed by atoms with Crippen LogP contribution in [0.25, 0.3) is 44.0 Å². The lowest BCUT2D eigenvalue weighted by Gasteiger charge is -2.29. The zero-order valence-corrected chi connectivity index (χ0v) is 20.8. The monoisotopic (exact) mass is 550 g/mol. The number of thiophene rings is 1. The first-order chi connectivity index (χ1) is 18.9. The van der Waals surface area contributed by atoms with Gasteiger partial charge in [-0.2, -0.15) is 19.1 Å². The summed E-state index contributed by atoms with van der Waals surface area (Å²) in [6, 6.07) is 12.9. The van der Waals surface area contributed by atoms with Gasteiger partial charge in [0.25, 0.3) is 0 Å². The Morgan fingerprint density at radius 3 is 2.23 bits per heavy atom. The van der Waals surface area contributed by atoms with Crippen LogP contribution < -0.4 is 10.2 Å². The van der Waals surface area contributed by atoms with Crippen LogP contribution in [-0.2, 0) is 0 Å². The molecule has 5 aromatic rings. The zero-order valence-electron chi connectivity index (χ0n) is 20.0. The highest BCUT2D eigenvalue weighted by atomic mass is 32.1. The molecule has 1 fully saturated rings. The van der Waals surface area contributed by atoms with Crippen molar-refractivity contribution in [1.29, 1.82) is 5.26 Å². The van der Waals surface area contributed by atoms with Crippen LogP contribution in [0, 0.1) is 34.6 Å². The number of aromatic nitrogens is 3. The number of aromatic amines is 1. The van der Waals surface area contributed by atoms with E-state index in [1.54, 1.807) is 12.1 Å². The number of nitrogens with one attached hydrogen (secondary N) is 2. The maximum Gasteiger partial charge on any atom is 0.204 e. The van der Waals surface area contributed by atoms with Gasteiger partial charge in [-0.3, -0.25) is 5.10 Å². The summed E-state index contributed by atoms with van der Waals surface area (Å²) in [7, 11) is 0. The SMILES string of the molecule is N#Cc1c(-c2c(F)c(F)c(O)c(F)c2F)nc2[nH]nc(-c3cccs3)c2c1-c1ccc(N2CCNCC2)cc1. The Morgan fingerprint density at radius 2 is 1.62 bits per heavy atom. The van der Waals surface area contributed by atoms with Gasteiger partial charge < -0.3 is 15.3 Å². The third-order valence-electron chi connectivity index (χ3n) is 6.69. The molecule has 2 aromatic carbocycles. The predicted octanol–water partition coefficient (Wildman–Crippen LogP) is 5.56. The lowest BCUT2D eigenvalue weighted by atomic mass is 9.92. The van der Waals surface area contributed by atoms with E-state index in [4.69, 9.17) is 0 Å². The molecule has 39 heavy (non-hydrogen) atoms. The van der Waals surface area contributed by atoms with E-state index in [2.05, 4.69) is 25.4 Å². The van der Waals surface area contributed by atoms with Gasteiger partial charge in [0.2, 0.25) is 11.6 Å². The van der Waals surface area contributed by atoms with E-state index >= 15 is 8.78 Å². The van der Waals surface area contributed by atoms with Crippen molar-refractivity contribution in [2.45, 2.75) is 0 Å². The number of benzene rings is 2. The number of phenols is 1. The smallest absolute Gasteiger partial charge is 0.204 e. The molecule has 0 aliphatic carbocycles.